The lowest BCUT2D eigenvalue weighted by molar-refractivity contribution is 0.0951. The molecule has 4 nitrogen and oxygen atoms in total. The second-order valence-electron chi connectivity index (χ2n) is 6.33. The maximum atomic E-state index is 12.0. The molecule has 0 saturated heterocycles. The molecule has 130 valence electrons. The molecule has 23 heavy (non-hydrogen) atoms. The van der Waals surface area contributed by atoms with Gasteiger partial charge in [-0.2, -0.15) is 0 Å². The first-order chi connectivity index (χ1) is 11.1. The molecule has 0 radical (unpaired) electrons. The SMILES string of the molecule is CCCCCCCCNc1ccc(C(=O)NCCN(C)C)cc1. The Morgan fingerprint density at radius 1 is 0.957 bits per heavy atom. The van der Waals surface area contributed by atoms with E-state index in [0.29, 0.717) is 12.1 Å². The maximum Gasteiger partial charge on any atom is 0.251 e. The van der Waals surface area contributed by atoms with Gasteiger partial charge in [0.05, 0.1) is 0 Å². The molecule has 0 atom stereocenters. The number of likely N-dealkylation sites (N-methyl/N-ethyl adjacent to an activating group) is 1. The van der Waals surface area contributed by atoms with Crippen LogP contribution < -0.4 is 10.6 Å². The summed E-state index contributed by atoms with van der Waals surface area (Å²) in [4.78, 5) is 14.0. The molecule has 1 aromatic rings. The van der Waals surface area contributed by atoms with Crippen molar-refractivity contribution in [2.45, 2.75) is 45.4 Å². The summed E-state index contributed by atoms with van der Waals surface area (Å²) >= 11 is 0. The van der Waals surface area contributed by atoms with Crippen molar-refractivity contribution in [2.75, 3.05) is 39.0 Å². The van der Waals surface area contributed by atoms with Crippen LogP contribution in [0.2, 0.25) is 0 Å². The third-order valence-corrected chi connectivity index (χ3v) is 3.85. The van der Waals surface area contributed by atoms with E-state index in [1.807, 2.05) is 38.4 Å². The van der Waals surface area contributed by atoms with Crippen LogP contribution in [0.4, 0.5) is 5.69 Å². The van der Waals surface area contributed by atoms with E-state index in [9.17, 15) is 4.79 Å². The first kappa shape index (κ1) is 19.5. The van der Waals surface area contributed by atoms with E-state index in [-0.39, 0.29) is 5.91 Å². The molecule has 0 aliphatic rings. The quantitative estimate of drug-likeness (QED) is 0.577. The molecule has 0 heterocycles. The van der Waals surface area contributed by atoms with Crippen molar-refractivity contribution >= 4 is 11.6 Å². The first-order valence-corrected chi connectivity index (χ1v) is 8.90. The average Bonchev–Trinajstić information content (AvgIpc) is 2.54. The van der Waals surface area contributed by atoms with Gasteiger partial charge in [-0.25, -0.2) is 0 Å². The predicted molar refractivity (Wildman–Crippen MR) is 99.2 cm³/mol. The number of rotatable bonds is 12. The van der Waals surface area contributed by atoms with Crippen LogP contribution in [-0.4, -0.2) is 44.5 Å². The highest BCUT2D eigenvalue weighted by Crippen LogP contribution is 2.11. The fourth-order valence-electron chi connectivity index (χ4n) is 2.37. The van der Waals surface area contributed by atoms with Gasteiger partial charge in [0.1, 0.15) is 0 Å². The van der Waals surface area contributed by atoms with Gasteiger partial charge in [0.15, 0.2) is 0 Å². The summed E-state index contributed by atoms with van der Waals surface area (Å²) in [5, 5.41) is 6.35. The van der Waals surface area contributed by atoms with Gasteiger partial charge in [0.25, 0.3) is 5.91 Å². The Labute approximate surface area is 141 Å². The van der Waals surface area contributed by atoms with Crippen LogP contribution in [0.1, 0.15) is 55.8 Å². The fourth-order valence-corrected chi connectivity index (χ4v) is 2.37. The smallest absolute Gasteiger partial charge is 0.251 e. The first-order valence-electron chi connectivity index (χ1n) is 8.90. The van der Waals surface area contributed by atoms with E-state index in [0.717, 1.165) is 18.8 Å². The molecule has 0 aromatic heterocycles. The second kappa shape index (κ2) is 11.9. The minimum absolute atomic E-state index is 0.00526. The minimum Gasteiger partial charge on any atom is -0.385 e. The number of nitrogens with zero attached hydrogens (tertiary/aromatic N) is 1. The van der Waals surface area contributed by atoms with E-state index in [1.54, 1.807) is 0 Å². The van der Waals surface area contributed by atoms with Crippen LogP contribution in [0.3, 0.4) is 0 Å². The highest BCUT2D eigenvalue weighted by atomic mass is 16.1. The predicted octanol–water partition coefficient (Wildman–Crippen LogP) is 3.75. The van der Waals surface area contributed by atoms with Crippen LogP contribution in [-0.2, 0) is 0 Å². The Kier molecular flexibility index (Phi) is 10.1. The lowest BCUT2D eigenvalue weighted by atomic mass is 10.1. The maximum absolute atomic E-state index is 12.0. The number of carbonyl (C=O) groups excluding carboxylic acids is 1. The zero-order valence-corrected chi connectivity index (χ0v) is 15.0. The van der Waals surface area contributed by atoms with E-state index < -0.39 is 0 Å². The van der Waals surface area contributed by atoms with Gasteiger partial charge < -0.3 is 15.5 Å². The van der Waals surface area contributed by atoms with Gasteiger partial charge in [0, 0.05) is 30.9 Å². The summed E-state index contributed by atoms with van der Waals surface area (Å²) in [7, 11) is 3.99. The van der Waals surface area contributed by atoms with Crippen molar-refractivity contribution in [1.29, 1.82) is 0 Å². The van der Waals surface area contributed by atoms with Crippen LogP contribution in [0.25, 0.3) is 0 Å². The molecule has 1 aromatic carbocycles. The van der Waals surface area contributed by atoms with Crippen LogP contribution in [0.15, 0.2) is 24.3 Å². The summed E-state index contributed by atoms with van der Waals surface area (Å²) in [6.07, 6.45) is 7.84. The van der Waals surface area contributed by atoms with Gasteiger partial charge >= 0.3 is 0 Å². The molecule has 1 rings (SSSR count). The molecular formula is C19H33N3O. The standard InChI is InChI=1S/C19H33N3O/c1-4-5-6-7-8-9-14-20-18-12-10-17(11-13-18)19(23)21-15-16-22(2)3/h10-13,20H,4-9,14-16H2,1-3H3,(H,21,23). The number of unbranched alkanes of at least 4 members (excludes halogenated alkanes) is 5. The van der Waals surface area contributed by atoms with Crippen molar-refractivity contribution < 1.29 is 4.79 Å². The van der Waals surface area contributed by atoms with Crippen molar-refractivity contribution in [3.63, 3.8) is 0 Å². The lowest BCUT2D eigenvalue weighted by Gasteiger charge is -2.11. The van der Waals surface area contributed by atoms with Crippen LogP contribution >= 0.6 is 0 Å². The highest BCUT2D eigenvalue weighted by molar-refractivity contribution is 5.94. The molecule has 4 heteroatoms. The van der Waals surface area contributed by atoms with E-state index >= 15 is 0 Å². The van der Waals surface area contributed by atoms with Gasteiger partial charge in [-0.15, -0.1) is 0 Å². The largest absolute Gasteiger partial charge is 0.385 e. The monoisotopic (exact) mass is 319 g/mol. The summed E-state index contributed by atoms with van der Waals surface area (Å²) < 4.78 is 0. The van der Waals surface area contributed by atoms with E-state index in [2.05, 4.69) is 22.5 Å². The summed E-state index contributed by atoms with van der Waals surface area (Å²) in [6, 6.07) is 7.74. The van der Waals surface area contributed by atoms with Gasteiger partial charge in [-0.3, -0.25) is 4.79 Å². The normalized spacial score (nSPS) is 10.8. The molecule has 0 spiro atoms. The average molecular weight is 319 g/mol. The Morgan fingerprint density at radius 2 is 1.61 bits per heavy atom. The molecule has 0 unspecified atom stereocenters. The van der Waals surface area contributed by atoms with E-state index in [1.165, 1.54) is 38.5 Å². The Bertz CT molecular complexity index is 429. The number of nitrogens with one attached hydrogen (secondary N) is 2. The summed E-state index contributed by atoms with van der Waals surface area (Å²) in [6.45, 7) is 4.77. The number of amides is 1. The third-order valence-electron chi connectivity index (χ3n) is 3.85. The summed E-state index contributed by atoms with van der Waals surface area (Å²) in [5.74, 6) is -0.00526. The molecule has 0 aliphatic heterocycles. The Morgan fingerprint density at radius 3 is 2.26 bits per heavy atom. The number of benzene rings is 1. The molecule has 1 amide bonds. The molecule has 0 bridgehead atoms. The van der Waals surface area contributed by atoms with Crippen molar-refractivity contribution in [2.24, 2.45) is 0 Å². The van der Waals surface area contributed by atoms with Crippen molar-refractivity contribution in [3.05, 3.63) is 29.8 Å². The minimum atomic E-state index is -0.00526. The third kappa shape index (κ3) is 9.24. The topological polar surface area (TPSA) is 44.4 Å². The number of hydrogen-bond donors (Lipinski definition) is 2. The van der Waals surface area contributed by atoms with E-state index in [4.69, 9.17) is 0 Å². The Hall–Kier alpha value is -1.55. The highest BCUT2D eigenvalue weighted by Gasteiger charge is 2.04. The molecule has 0 fully saturated rings. The second-order valence-corrected chi connectivity index (χ2v) is 6.33. The molecule has 2 N–H and O–H groups in total. The van der Waals surface area contributed by atoms with Crippen LogP contribution in [0.5, 0.6) is 0 Å². The fraction of sp³-hybridized carbons (Fsp3) is 0.632. The van der Waals surface area contributed by atoms with Gasteiger partial charge in [-0.05, 0) is 44.8 Å². The number of carbonyl (C=O) groups is 1. The van der Waals surface area contributed by atoms with Crippen LogP contribution in [0, 0.1) is 0 Å². The number of hydrogen-bond acceptors (Lipinski definition) is 3. The summed E-state index contributed by atoms with van der Waals surface area (Å²) in [5.41, 5.74) is 1.80. The zero-order valence-electron chi connectivity index (χ0n) is 15.0. The molecule has 0 saturated carbocycles. The number of anilines is 1. The van der Waals surface area contributed by atoms with Gasteiger partial charge in [-0.1, -0.05) is 39.0 Å². The molecular weight excluding hydrogens is 286 g/mol. The Balaban J connectivity index is 2.21. The molecule has 0 aliphatic carbocycles. The lowest BCUT2D eigenvalue weighted by Crippen LogP contribution is -2.31. The van der Waals surface area contributed by atoms with Crippen molar-refractivity contribution in [3.8, 4) is 0 Å². The van der Waals surface area contributed by atoms with Gasteiger partial charge in [0.2, 0.25) is 0 Å². The zero-order chi connectivity index (χ0) is 16.9. The van der Waals surface area contributed by atoms with Crippen molar-refractivity contribution in [1.82, 2.24) is 10.2 Å².